The maximum Gasteiger partial charge on any atom is 0.310 e. The SMILES string of the molecule is CCOC(=O)C1CCCN(C(=O)/C=C/c2ccc(Sc3ccc(/C=C/C(=O)N4CCCC(C(=O)OCC)C4)c(-c4ccccc4C(C)C)c3[N+](=O)[O-])c([N+](=O)[O-])c2-c2ccccc2C(C)C)C1. The minimum Gasteiger partial charge on any atom is -0.466 e. The number of piperidine rings is 2. The van der Waals surface area contributed by atoms with Crippen LogP contribution in [0.15, 0.2) is 94.7 Å². The predicted molar refractivity (Wildman–Crippen MR) is 259 cm³/mol. The van der Waals surface area contributed by atoms with Crippen LogP contribution in [0.25, 0.3) is 34.4 Å². The van der Waals surface area contributed by atoms with Crippen molar-refractivity contribution in [2.24, 2.45) is 11.8 Å². The van der Waals surface area contributed by atoms with Crippen LogP contribution in [0, 0.1) is 32.1 Å². The molecule has 2 aliphatic rings. The van der Waals surface area contributed by atoms with E-state index in [0.29, 0.717) is 61.0 Å². The number of likely N-dealkylation sites (tertiary alicyclic amines) is 2. The second-order valence-corrected chi connectivity index (χ2v) is 18.4. The van der Waals surface area contributed by atoms with Gasteiger partial charge in [-0.3, -0.25) is 39.4 Å². The number of ether oxygens (including phenoxy) is 2. The van der Waals surface area contributed by atoms with Gasteiger partial charge in [-0.25, -0.2) is 0 Å². The van der Waals surface area contributed by atoms with E-state index in [1.807, 2.05) is 52.0 Å². The number of amides is 2. The number of carbonyl (C=O) groups is 4. The van der Waals surface area contributed by atoms with Crippen LogP contribution < -0.4 is 0 Å². The first-order valence-corrected chi connectivity index (χ1v) is 23.7. The summed E-state index contributed by atoms with van der Waals surface area (Å²) in [6.07, 6.45) is 8.30. The van der Waals surface area contributed by atoms with Crippen LogP contribution in [0.2, 0.25) is 0 Å². The highest BCUT2D eigenvalue weighted by atomic mass is 32.2. The Hall–Kier alpha value is -6.61. The van der Waals surface area contributed by atoms with Gasteiger partial charge in [-0.15, -0.1) is 0 Å². The lowest BCUT2D eigenvalue weighted by Crippen LogP contribution is -2.42. The topological polar surface area (TPSA) is 180 Å². The molecule has 2 heterocycles. The molecule has 352 valence electrons. The summed E-state index contributed by atoms with van der Waals surface area (Å²) in [5.74, 6) is -2.39. The molecule has 4 aromatic rings. The Morgan fingerprint density at radius 3 is 1.39 bits per heavy atom. The molecule has 14 nitrogen and oxygen atoms in total. The summed E-state index contributed by atoms with van der Waals surface area (Å²) in [4.78, 5) is 81.8. The number of benzene rings is 4. The first kappa shape index (κ1) is 49.8. The first-order chi connectivity index (χ1) is 32.1. The van der Waals surface area contributed by atoms with E-state index in [2.05, 4.69) is 0 Å². The summed E-state index contributed by atoms with van der Waals surface area (Å²) < 4.78 is 10.4. The molecule has 0 N–H and O–H groups in total. The van der Waals surface area contributed by atoms with Gasteiger partial charge in [0.1, 0.15) is 0 Å². The van der Waals surface area contributed by atoms with E-state index < -0.39 is 21.7 Å². The van der Waals surface area contributed by atoms with E-state index in [9.17, 15) is 39.4 Å². The molecule has 2 fully saturated rings. The second kappa shape index (κ2) is 22.7. The van der Waals surface area contributed by atoms with Gasteiger partial charge in [0.15, 0.2) is 0 Å². The molecule has 0 bridgehead atoms. The predicted octanol–water partition coefficient (Wildman–Crippen LogP) is 10.9. The number of nitro groups is 2. The zero-order valence-electron chi connectivity index (χ0n) is 38.9. The zero-order chi connectivity index (χ0) is 48.4. The monoisotopic (exact) mass is 930 g/mol. The van der Waals surface area contributed by atoms with Gasteiger partial charge in [-0.1, -0.05) is 100 Å². The number of nitro benzene ring substituents is 2. The van der Waals surface area contributed by atoms with Gasteiger partial charge < -0.3 is 19.3 Å². The largest absolute Gasteiger partial charge is 0.466 e. The zero-order valence-corrected chi connectivity index (χ0v) is 39.7. The fourth-order valence-electron chi connectivity index (χ4n) is 8.91. The molecule has 67 heavy (non-hydrogen) atoms. The van der Waals surface area contributed by atoms with Crippen molar-refractivity contribution in [3.8, 4) is 22.3 Å². The van der Waals surface area contributed by atoms with E-state index >= 15 is 0 Å². The van der Waals surface area contributed by atoms with Crippen molar-refractivity contribution in [1.82, 2.24) is 9.80 Å². The fraction of sp³-hybridized carbons (Fsp3) is 0.385. The fourth-order valence-corrected chi connectivity index (χ4v) is 9.97. The number of nitrogens with zero attached hydrogens (tertiary/aromatic N) is 4. The molecule has 2 amide bonds. The lowest BCUT2D eigenvalue weighted by Gasteiger charge is -2.30. The van der Waals surface area contributed by atoms with Crippen molar-refractivity contribution in [3.05, 3.63) is 127 Å². The van der Waals surface area contributed by atoms with Crippen molar-refractivity contribution in [1.29, 1.82) is 0 Å². The van der Waals surface area contributed by atoms with Crippen molar-refractivity contribution in [3.63, 3.8) is 0 Å². The molecule has 6 rings (SSSR count). The van der Waals surface area contributed by atoms with Crippen molar-refractivity contribution in [2.75, 3.05) is 39.4 Å². The van der Waals surface area contributed by atoms with E-state index in [-0.39, 0.29) is 94.2 Å². The normalized spacial score (nSPS) is 16.5. The average Bonchev–Trinajstić information content (AvgIpc) is 3.32. The molecule has 0 spiro atoms. The molecule has 2 aliphatic heterocycles. The van der Waals surface area contributed by atoms with E-state index in [1.54, 1.807) is 84.3 Å². The third-order valence-electron chi connectivity index (χ3n) is 12.2. The van der Waals surface area contributed by atoms with Crippen LogP contribution >= 0.6 is 11.8 Å². The van der Waals surface area contributed by atoms with Gasteiger partial charge >= 0.3 is 11.9 Å². The molecule has 2 saturated heterocycles. The highest BCUT2D eigenvalue weighted by molar-refractivity contribution is 7.99. The molecular weight excluding hydrogens is 873 g/mol. The molecule has 0 radical (unpaired) electrons. The summed E-state index contributed by atoms with van der Waals surface area (Å²) >= 11 is 0.900. The molecule has 4 aromatic carbocycles. The lowest BCUT2D eigenvalue weighted by molar-refractivity contribution is -0.387. The molecule has 0 aromatic heterocycles. The van der Waals surface area contributed by atoms with Crippen LogP contribution in [-0.2, 0) is 28.7 Å². The van der Waals surface area contributed by atoms with Gasteiger partial charge in [-0.2, -0.15) is 0 Å². The second-order valence-electron chi connectivity index (χ2n) is 17.3. The maximum absolute atomic E-state index is 13.7. The van der Waals surface area contributed by atoms with Gasteiger partial charge in [0.2, 0.25) is 11.8 Å². The van der Waals surface area contributed by atoms with Gasteiger partial charge in [0, 0.05) is 38.3 Å². The Kier molecular flexibility index (Phi) is 16.9. The lowest BCUT2D eigenvalue weighted by atomic mass is 9.89. The van der Waals surface area contributed by atoms with Crippen molar-refractivity contribution < 1.29 is 38.5 Å². The van der Waals surface area contributed by atoms with E-state index in [1.165, 1.54) is 12.2 Å². The van der Waals surface area contributed by atoms with Crippen LogP contribution in [-0.4, -0.2) is 82.8 Å². The summed E-state index contributed by atoms with van der Waals surface area (Å²) in [7, 11) is 0. The minimum atomic E-state index is -0.487. The summed E-state index contributed by atoms with van der Waals surface area (Å²) in [6.45, 7) is 13.2. The number of hydrogen-bond acceptors (Lipinski definition) is 11. The number of esters is 2. The van der Waals surface area contributed by atoms with Crippen LogP contribution in [0.3, 0.4) is 0 Å². The van der Waals surface area contributed by atoms with Crippen LogP contribution in [0.5, 0.6) is 0 Å². The molecular formula is C52H58N4O10S. The Morgan fingerprint density at radius 2 is 1.03 bits per heavy atom. The molecule has 2 unspecified atom stereocenters. The molecule has 0 aliphatic carbocycles. The molecule has 0 saturated carbocycles. The third kappa shape index (κ3) is 11.7. The van der Waals surface area contributed by atoms with Crippen molar-refractivity contribution >= 4 is 59.0 Å². The Morgan fingerprint density at radius 1 is 0.642 bits per heavy atom. The Balaban J connectivity index is 1.47. The van der Waals surface area contributed by atoms with Crippen LogP contribution in [0.4, 0.5) is 11.4 Å². The Bertz CT molecular complexity index is 2410. The third-order valence-corrected chi connectivity index (χ3v) is 13.3. The molecule has 2 atom stereocenters. The average molecular weight is 931 g/mol. The summed E-state index contributed by atoms with van der Waals surface area (Å²) in [6, 6.07) is 21.1. The Labute approximate surface area is 395 Å². The number of hydrogen-bond donors (Lipinski definition) is 0. The van der Waals surface area contributed by atoms with E-state index in [0.717, 1.165) is 22.9 Å². The summed E-state index contributed by atoms with van der Waals surface area (Å²) in [5, 5.41) is 26.9. The highest BCUT2D eigenvalue weighted by Gasteiger charge is 2.33. The number of carbonyl (C=O) groups excluding carboxylic acids is 4. The standard InChI is InChI=1S/C52H58N4O10S/c1-7-65-51(59)37-15-13-29-53(31-37)45(57)27-23-35-21-25-43(49(55(61)62)47(35)41-19-11-9-17-39(41)33(3)4)67-44-26-22-36(24-28-46(58)54-30-14-16-38(32-54)52(60)66-8-2)48(50(44)56(63)64)42-20-12-10-18-40(42)34(5)6/h9-12,17-28,33-34,37-38H,7-8,13-16,29-32H2,1-6H3/b27-23+,28-24+. The summed E-state index contributed by atoms with van der Waals surface area (Å²) in [5.41, 5.74) is 3.52. The van der Waals surface area contributed by atoms with E-state index in [4.69, 9.17) is 9.47 Å². The molecule has 15 heteroatoms. The quantitative estimate of drug-likeness (QED) is 0.0451. The maximum atomic E-state index is 13.7. The first-order valence-electron chi connectivity index (χ1n) is 22.9. The highest BCUT2D eigenvalue weighted by Crippen LogP contribution is 2.50. The van der Waals surface area contributed by atoms with Crippen molar-refractivity contribution in [2.45, 2.75) is 88.9 Å². The van der Waals surface area contributed by atoms with Gasteiger partial charge in [0.05, 0.1) is 55.8 Å². The smallest absolute Gasteiger partial charge is 0.310 e. The number of rotatable bonds is 16. The van der Waals surface area contributed by atoms with Gasteiger partial charge in [-0.05, 0) is 109 Å². The van der Waals surface area contributed by atoms with Crippen LogP contribution in [0.1, 0.15) is 101 Å². The van der Waals surface area contributed by atoms with Gasteiger partial charge in [0.25, 0.3) is 11.4 Å². The minimum absolute atomic E-state index is 0.0511.